The lowest BCUT2D eigenvalue weighted by atomic mass is 10.1. The fourth-order valence-corrected chi connectivity index (χ4v) is 2.10. The zero-order valence-corrected chi connectivity index (χ0v) is 13.5. The summed E-state index contributed by atoms with van der Waals surface area (Å²) in [5.74, 6) is -1.02. The van der Waals surface area contributed by atoms with Gasteiger partial charge in [-0.3, -0.25) is 4.79 Å². The third kappa shape index (κ3) is 5.41. The third-order valence-corrected chi connectivity index (χ3v) is 3.46. The van der Waals surface area contributed by atoms with Crippen molar-refractivity contribution in [2.45, 2.75) is 6.42 Å². The van der Waals surface area contributed by atoms with E-state index >= 15 is 0 Å². The number of nitrogens with one attached hydrogen (secondary N) is 1. The van der Waals surface area contributed by atoms with Crippen molar-refractivity contribution < 1.29 is 14.3 Å². The van der Waals surface area contributed by atoms with Gasteiger partial charge in [0, 0.05) is 11.6 Å². The first kappa shape index (κ1) is 17.5. The van der Waals surface area contributed by atoms with E-state index in [2.05, 4.69) is 5.32 Å². The Hall–Kier alpha value is -2.84. The van der Waals surface area contributed by atoms with Crippen LogP contribution >= 0.6 is 11.6 Å². The Morgan fingerprint density at radius 3 is 2.62 bits per heavy atom. The zero-order chi connectivity index (χ0) is 17.4. The lowest BCUT2D eigenvalue weighted by Crippen LogP contribution is -2.30. The van der Waals surface area contributed by atoms with Crippen LogP contribution in [-0.2, 0) is 16.0 Å². The standard InChI is InChI=1S/C18H15ClN2O3/c19-16-6-4-13(5-7-16)8-9-21-17(22)12-24-18(23)15-3-1-2-14(10-15)11-20/h1-7,10H,8-9,12H2,(H,21,22). The molecule has 2 rings (SSSR count). The number of rotatable bonds is 6. The monoisotopic (exact) mass is 342 g/mol. The van der Waals surface area contributed by atoms with Crippen LogP contribution in [0, 0.1) is 11.3 Å². The molecule has 0 bridgehead atoms. The van der Waals surface area contributed by atoms with Crippen molar-refractivity contribution in [1.29, 1.82) is 5.26 Å². The van der Waals surface area contributed by atoms with Crippen molar-refractivity contribution in [3.05, 3.63) is 70.2 Å². The van der Waals surface area contributed by atoms with Crippen LogP contribution in [-0.4, -0.2) is 25.0 Å². The number of esters is 1. The molecule has 0 fully saturated rings. The van der Waals surface area contributed by atoms with Gasteiger partial charge >= 0.3 is 5.97 Å². The van der Waals surface area contributed by atoms with Crippen LogP contribution in [0.2, 0.25) is 5.02 Å². The Balaban J connectivity index is 1.73. The number of ether oxygens (including phenoxy) is 1. The second kappa shape index (κ2) is 8.70. The highest BCUT2D eigenvalue weighted by Gasteiger charge is 2.10. The van der Waals surface area contributed by atoms with Crippen LogP contribution < -0.4 is 5.32 Å². The molecule has 0 spiro atoms. The fraction of sp³-hybridized carbons (Fsp3) is 0.167. The normalized spacial score (nSPS) is 9.83. The Labute approximate surface area is 144 Å². The number of carbonyl (C=O) groups excluding carboxylic acids is 2. The fourth-order valence-electron chi connectivity index (χ4n) is 1.98. The summed E-state index contributed by atoms with van der Waals surface area (Å²) in [4.78, 5) is 23.5. The molecule has 2 aromatic carbocycles. The predicted octanol–water partition coefficient (Wildman–Crippen LogP) is 2.73. The summed E-state index contributed by atoms with van der Waals surface area (Å²) in [6, 6.07) is 15.4. The number of carbonyl (C=O) groups is 2. The van der Waals surface area contributed by atoms with Crippen LogP contribution in [0.1, 0.15) is 21.5 Å². The summed E-state index contributed by atoms with van der Waals surface area (Å²) in [5, 5.41) is 12.1. The minimum absolute atomic E-state index is 0.239. The van der Waals surface area contributed by atoms with E-state index in [0.717, 1.165) is 5.56 Å². The first-order chi connectivity index (χ1) is 11.6. The molecule has 5 nitrogen and oxygen atoms in total. The van der Waals surface area contributed by atoms with Gasteiger partial charge in [0.2, 0.25) is 0 Å². The van der Waals surface area contributed by atoms with Gasteiger partial charge in [0.05, 0.1) is 17.2 Å². The maximum Gasteiger partial charge on any atom is 0.338 e. The highest BCUT2D eigenvalue weighted by molar-refractivity contribution is 6.30. The second-order valence-corrected chi connectivity index (χ2v) is 5.43. The number of hydrogen-bond acceptors (Lipinski definition) is 4. The van der Waals surface area contributed by atoms with Gasteiger partial charge in [0.25, 0.3) is 5.91 Å². The van der Waals surface area contributed by atoms with Gasteiger partial charge in [-0.25, -0.2) is 4.79 Å². The number of nitriles is 1. The minimum atomic E-state index is -0.639. The van der Waals surface area contributed by atoms with Gasteiger partial charge in [0.15, 0.2) is 6.61 Å². The topological polar surface area (TPSA) is 79.2 Å². The van der Waals surface area contributed by atoms with Gasteiger partial charge < -0.3 is 10.1 Å². The molecule has 122 valence electrons. The van der Waals surface area contributed by atoms with Crippen molar-refractivity contribution in [2.75, 3.05) is 13.2 Å². The third-order valence-electron chi connectivity index (χ3n) is 3.21. The molecule has 0 aromatic heterocycles. The first-order valence-corrected chi connectivity index (χ1v) is 7.64. The second-order valence-electron chi connectivity index (χ2n) is 5.00. The van der Waals surface area contributed by atoms with Crippen LogP contribution in [0.25, 0.3) is 0 Å². The highest BCUT2D eigenvalue weighted by atomic mass is 35.5. The van der Waals surface area contributed by atoms with E-state index in [1.165, 1.54) is 12.1 Å². The maximum absolute atomic E-state index is 11.8. The van der Waals surface area contributed by atoms with E-state index in [4.69, 9.17) is 21.6 Å². The molecule has 0 atom stereocenters. The molecule has 1 N–H and O–H groups in total. The maximum atomic E-state index is 11.8. The minimum Gasteiger partial charge on any atom is -0.452 e. The predicted molar refractivity (Wildman–Crippen MR) is 89.6 cm³/mol. The quantitative estimate of drug-likeness (QED) is 0.819. The largest absolute Gasteiger partial charge is 0.452 e. The SMILES string of the molecule is N#Cc1cccc(C(=O)OCC(=O)NCCc2ccc(Cl)cc2)c1. The molecule has 0 aliphatic heterocycles. The molecule has 1 amide bonds. The Kier molecular flexibility index (Phi) is 6.35. The summed E-state index contributed by atoms with van der Waals surface area (Å²) in [5.41, 5.74) is 1.64. The molecule has 0 radical (unpaired) electrons. The zero-order valence-electron chi connectivity index (χ0n) is 12.8. The summed E-state index contributed by atoms with van der Waals surface area (Å²) >= 11 is 5.80. The van der Waals surface area contributed by atoms with Crippen molar-refractivity contribution in [1.82, 2.24) is 5.32 Å². The number of nitrogens with zero attached hydrogens (tertiary/aromatic N) is 1. The van der Waals surface area contributed by atoms with Crippen LogP contribution in [0.15, 0.2) is 48.5 Å². The first-order valence-electron chi connectivity index (χ1n) is 7.27. The van der Waals surface area contributed by atoms with E-state index in [9.17, 15) is 9.59 Å². The molecular formula is C18H15ClN2O3. The van der Waals surface area contributed by atoms with Crippen LogP contribution in [0.5, 0.6) is 0 Å². The van der Waals surface area contributed by atoms with Gasteiger partial charge in [-0.05, 0) is 42.3 Å². The average Bonchev–Trinajstić information content (AvgIpc) is 2.61. The molecule has 0 heterocycles. The molecular weight excluding hydrogens is 328 g/mol. The van der Waals surface area contributed by atoms with Crippen LogP contribution in [0.3, 0.4) is 0 Å². The lowest BCUT2D eigenvalue weighted by molar-refractivity contribution is -0.124. The van der Waals surface area contributed by atoms with Crippen LogP contribution in [0.4, 0.5) is 0 Å². The van der Waals surface area contributed by atoms with E-state index in [0.29, 0.717) is 23.6 Å². The summed E-state index contributed by atoms with van der Waals surface area (Å²) in [7, 11) is 0. The number of hydrogen-bond donors (Lipinski definition) is 1. The van der Waals surface area contributed by atoms with Gasteiger partial charge in [0.1, 0.15) is 0 Å². The molecule has 24 heavy (non-hydrogen) atoms. The average molecular weight is 343 g/mol. The molecule has 0 saturated carbocycles. The van der Waals surface area contributed by atoms with Gasteiger partial charge in [-0.1, -0.05) is 29.8 Å². The van der Waals surface area contributed by atoms with E-state index in [-0.39, 0.29) is 18.1 Å². The van der Waals surface area contributed by atoms with Gasteiger partial charge in [-0.2, -0.15) is 5.26 Å². The summed E-state index contributed by atoms with van der Waals surface area (Å²) in [6.07, 6.45) is 0.654. The Morgan fingerprint density at radius 2 is 1.92 bits per heavy atom. The summed E-state index contributed by atoms with van der Waals surface area (Å²) < 4.78 is 4.93. The van der Waals surface area contributed by atoms with E-state index in [1.54, 1.807) is 24.3 Å². The van der Waals surface area contributed by atoms with Crippen molar-refractivity contribution in [3.63, 3.8) is 0 Å². The van der Waals surface area contributed by atoms with E-state index < -0.39 is 5.97 Å². The molecule has 0 unspecified atom stereocenters. The number of halogens is 1. The Morgan fingerprint density at radius 1 is 1.17 bits per heavy atom. The number of amides is 1. The van der Waals surface area contributed by atoms with Crippen molar-refractivity contribution >= 4 is 23.5 Å². The smallest absolute Gasteiger partial charge is 0.338 e. The van der Waals surface area contributed by atoms with Gasteiger partial charge in [-0.15, -0.1) is 0 Å². The molecule has 6 heteroatoms. The summed E-state index contributed by atoms with van der Waals surface area (Å²) in [6.45, 7) is 0.0676. The van der Waals surface area contributed by atoms with Crippen molar-refractivity contribution in [2.24, 2.45) is 0 Å². The lowest BCUT2D eigenvalue weighted by Gasteiger charge is -2.07. The Bertz CT molecular complexity index is 767. The molecule has 0 aliphatic rings. The number of benzene rings is 2. The highest BCUT2D eigenvalue weighted by Crippen LogP contribution is 2.09. The van der Waals surface area contributed by atoms with E-state index in [1.807, 2.05) is 18.2 Å². The molecule has 0 aliphatic carbocycles. The molecule has 0 saturated heterocycles. The molecule has 2 aromatic rings. The van der Waals surface area contributed by atoms with Crippen molar-refractivity contribution in [3.8, 4) is 6.07 Å².